The van der Waals surface area contributed by atoms with Crippen LogP contribution in [0, 0.1) is 0 Å². The van der Waals surface area contributed by atoms with E-state index in [-0.39, 0.29) is 19.4 Å². The van der Waals surface area contributed by atoms with Crippen LogP contribution >= 0.6 is 7.82 Å². The predicted molar refractivity (Wildman–Crippen MR) is 253 cm³/mol. The molecule has 352 valence electrons. The number of phosphoric acid groups is 1. The third-order valence-electron chi connectivity index (χ3n) is 9.33. The van der Waals surface area contributed by atoms with Crippen LogP contribution < -0.4 is 5.73 Å². The van der Waals surface area contributed by atoms with Gasteiger partial charge in [-0.3, -0.25) is 23.4 Å². The van der Waals surface area contributed by atoms with Crippen molar-refractivity contribution in [3.8, 4) is 0 Å². The molecule has 62 heavy (non-hydrogen) atoms. The number of allylic oxidation sites excluding steroid dienone is 16. The summed E-state index contributed by atoms with van der Waals surface area (Å²) < 4.78 is 32.7. The van der Waals surface area contributed by atoms with Crippen molar-refractivity contribution in [3.63, 3.8) is 0 Å². The monoisotopic (exact) mass is 888 g/mol. The maximum absolute atomic E-state index is 12.6. The van der Waals surface area contributed by atoms with Crippen LogP contribution in [-0.4, -0.2) is 59.9 Å². The Bertz CT molecular complexity index is 1410. The van der Waals surface area contributed by atoms with Crippen LogP contribution in [0.3, 0.4) is 0 Å². The zero-order valence-corrected chi connectivity index (χ0v) is 39.1. The number of carbonyl (C=O) groups excluding carboxylic acids is 2. The summed E-state index contributed by atoms with van der Waals surface area (Å²) in [6.45, 7) is 2.58. The Morgan fingerprint density at radius 3 is 1.42 bits per heavy atom. The number of unbranched alkanes of at least 4 members (excludes halogenated alkanes) is 12. The number of rotatable bonds is 42. The van der Waals surface area contributed by atoms with Crippen LogP contribution in [0.15, 0.2) is 97.2 Å². The Balaban J connectivity index is 4.46. The van der Waals surface area contributed by atoms with E-state index in [1.807, 2.05) is 18.2 Å². The van der Waals surface area contributed by atoms with E-state index in [1.54, 1.807) is 0 Å². The second-order valence-electron chi connectivity index (χ2n) is 15.1. The average Bonchev–Trinajstić information content (AvgIpc) is 3.25. The fourth-order valence-electron chi connectivity index (χ4n) is 5.71. The van der Waals surface area contributed by atoms with Crippen LogP contribution in [0.5, 0.6) is 0 Å². The van der Waals surface area contributed by atoms with Gasteiger partial charge in [-0.05, 0) is 83.5 Å². The first-order valence-corrected chi connectivity index (χ1v) is 24.8. The number of nitrogens with two attached hydrogens (primary N) is 1. The van der Waals surface area contributed by atoms with Gasteiger partial charge in [-0.2, -0.15) is 0 Å². The number of aliphatic carboxylic acids is 1. The summed E-state index contributed by atoms with van der Waals surface area (Å²) in [6.07, 6.45) is 56.2. The smallest absolute Gasteiger partial charge is 0.472 e. The van der Waals surface area contributed by atoms with Crippen molar-refractivity contribution < 1.29 is 47.5 Å². The maximum Gasteiger partial charge on any atom is 0.472 e. The van der Waals surface area contributed by atoms with Crippen LogP contribution in [0.1, 0.15) is 168 Å². The number of carboxylic acid groups (broad SMARTS) is 1. The molecule has 0 spiro atoms. The molecule has 0 heterocycles. The van der Waals surface area contributed by atoms with Gasteiger partial charge in [-0.25, -0.2) is 4.57 Å². The topological polar surface area (TPSA) is 172 Å². The van der Waals surface area contributed by atoms with Crippen molar-refractivity contribution in [2.75, 3.05) is 19.8 Å². The first-order chi connectivity index (χ1) is 30.1. The number of hydrogen-bond acceptors (Lipinski definition) is 9. The Morgan fingerprint density at radius 2 is 0.935 bits per heavy atom. The molecule has 4 N–H and O–H groups in total. The summed E-state index contributed by atoms with van der Waals surface area (Å²) in [5, 5.41) is 8.90. The number of ether oxygens (including phenoxy) is 2. The molecule has 0 aromatic heterocycles. The molecule has 0 amide bonds. The van der Waals surface area contributed by atoms with Gasteiger partial charge in [0.15, 0.2) is 6.10 Å². The minimum absolute atomic E-state index is 0.0298. The summed E-state index contributed by atoms with van der Waals surface area (Å²) in [7, 11) is -4.75. The number of phosphoric ester groups is 1. The van der Waals surface area contributed by atoms with Gasteiger partial charge in [0.1, 0.15) is 12.6 Å². The van der Waals surface area contributed by atoms with Gasteiger partial charge in [-0.15, -0.1) is 0 Å². The van der Waals surface area contributed by atoms with Crippen molar-refractivity contribution in [2.24, 2.45) is 5.73 Å². The Morgan fingerprint density at radius 1 is 0.516 bits per heavy atom. The lowest BCUT2D eigenvalue weighted by molar-refractivity contribution is -0.161. The largest absolute Gasteiger partial charge is 0.480 e. The van der Waals surface area contributed by atoms with Crippen molar-refractivity contribution in [1.29, 1.82) is 0 Å². The number of hydrogen-bond donors (Lipinski definition) is 3. The molecular formula is C50H82NO10P. The normalized spacial score (nSPS) is 14.5. The third kappa shape index (κ3) is 43.1. The minimum Gasteiger partial charge on any atom is -0.480 e. The standard InChI is InChI=1S/C50H82NO10P/c1-3-5-7-9-11-13-15-17-19-21-23-25-27-29-31-33-35-37-39-41-48(52)58-43-46(44-59-62(56,57)60-45-47(51)50(54)55)61-49(53)42-40-38-36-34-32-30-28-26-24-22-20-18-16-14-12-10-8-6-4-2/h6,8,11-14,17-20,24,26,30,32,36,38,46-47H,3-5,7,9-10,15-16,21-23,25,27-29,31,33-35,37,39-45,51H2,1-2H3,(H,54,55)(H,56,57)/b8-6-,13-11-,14-12-,19-17-,20-18-,26-24-,32-30-,38-36-/t46-,47+/m1/s1. The zero-order valence-electron chi connectivity index (χ0n) is 38.2. The molecule has 11 nitrogen and oxygen atoms in total. The van der Waals surface area contributed by atoms with Crippen molar-refractivity contribution in [1.82, 2.24) is 0 Å². The van der Waals surface area contributed by atoms with E-state index in [1.165, 1.54) is 57.8 Å². The van der Waals surface area contributed by atoms with Crippen molar-refractivity contribution in [3.05, 3.63) is 97.2 Å². The zero-order chi connectivity index (χ0) is 45.6. The fourth-order valence-corrected chi connectivity index (χ4v) is 6.49. The highest BCUT2D eigenvalue weighted by Gasteiger charge is 2.28. The van der Waals surface area contributed by atoms with Gasteiger partial charge in [0.05, 0.1) is 13.2 Å². The second-order valence-corrected chi connectivity index (χ2v) is 16.6. The molecule has 1 unspecified atom stereocenters. The highest BCUT2D eigenvalue weighted by Crippen LogP contribution is 2.43. The van der Waals surface area contributed by atoms with Crippen molar-refractivity contribution in [2.45, 2.75) is 180 Å². The summed E-state index contributed by atoms with van der Waals surface area (Å²) in [5.41, 5.74) is 5.34. The lowest BCUT2D eigenvalue weighted by Crippen LogP contribution is -2.34. The highest BCUT2D eigenvalue weighted by atomic mass is 31.2. The van der Waals surface area contributed by atoms with Crippen LogP contribution in [0.4, 0.5) is 0 Å². The molecule has 3 atom stereocenters. The lowest BCUT2D eigenvalue weighted by Gasteiger charge is -2.20. The molecule has 0 aliphatic carbocycles. The van der Waals surface area contributed by atoms with Gasteiger partial charge >= 0.3 is 25.7 Å². The van der Waals surface area contributed by atoms with Crippen LogP contribution in [0.2, 0.25) is 0 Å². The van der Waals surface area contributed by atoms with Gasteiger partial charge in [-0.1, -0.05) is 169 Å². The molecular weight excluding hydrogens is 806 g/mol. The highest BCUT2D eigenvalue weighted by molar-refractivity contribution is 7.47. The Labute approximate surface area is 375 Å². The summed E-state index contributed by atoms with van der Waals surface area (Å²) in [4.78, 5) is 46.0. The second kappa shape index (κ2) is 44.0. The molecule has 12 heteroatoms. The van der Waals surface area contributed by atoms with E-state index >= 15 is 0 Å². The molecule has 0 aromatic carbocycles. The molecule has 0 aliphatic rings. The quantitative estimate of drug-likeness (QED) is 0.0230. The molecule has 0 fully saturated rings. The minimum atomic E-state index is -4.75. The number of esters is 2. The summed E-state index contributed by atoms with van der Waals surface area (Å²) in [5.74, 6) is -2.50. The summed E-state index contributed by atoms with van der Waals surface area (Å²) >= 11 is 0. The van der Waals surface area contributed by atoms with E-state index in [0.717, 1.165) is 64.2 Å². The molecule has 0 aromatic rings. The van der Waals surface area contributed by atoms with E-state index in [2.05, 4.69) is 97.4 Å². The first kappa shape index (κ1) is 58.4. The van der Waals surface area contributed by atoms with Crippen molar-refractivity contribution >= 4 is 25.7 Å². The molecule has 0 saturated heterocycles. The lowest BCUT2D eigenvalue weighted by atomic mass is 10.1. The fraction of sp³-hybridized carbons (Fsp3) is 0.620. The van der Waals surface area contributed by atoms with Gasteiger partial charge < -0.3 is 25.2 Å². The van der Waals surface area contributed by atoms with Gasteiger partial charge in [0.25, 0.3) is 0 Å². The maximum atomic E-state index is 12.6. The van der Waals surface area contributed by atoms with E-state index in [4.69, 9.17) is 24.8 Å². The van der Waals surface area contributed by atoms with E-state index < -0.39 is 51.1 Å². The van der Waals surface area contributed by atoms with E-state index in [0.29, 0.717) is 19.3 Å². The Kier molecular flexibility index (Phi) is 41.5. The van der Waals surface area contributed by atoms with Crippen LogP contribution in [-0.2, 0) is 37.5 Å². The molecule has 0 radical (unpaired) electrons. The van der Waals surface area contributed by atoms with Crippen LogP contribution in [0.25, 0.3) is 0 Å². The molecule has 0 bridgehead atoms. The molecule has 0 rings (SSSR count). The summed E-state index contributed by atoms with van der Waals surface area (Å²) in [6, 6.07) is -1.54. The SMILES string of the molecule is CC/C=C\C/C=C\C/C=C\C/C=C\C/C=C\C/C=C\CCC(=O)O[C@H](COC(=O)CCCCCCCCCCC/C=C\C/C=C\CCCCC)COP(=O)(O)OC[C@H](N)C(=O)O. The first-order valence-electron chi connectivity index (χ1n) is 23.3. The third-order valence-corrected chi connectivity index (χ3v) is 10.3. The number of carboxylic acids is 1. The Hall–Kier alpha value is -3.60. The predicted octanol–water partition coefficient (Wildman–Crippen LogP) is 12.8. The average molecular weight is 888 g/mol. The van der Waals surface area contributed by atoms with Gasteiger partial charge in [0, 0.05) is 12.8 Å². The molecule has 0 aliphatic heterocycles. The number of carbonyl (C=O) groups is 3. The molecule has 0 saturated carbocycles. The van der Waals surface area contributed by atoms with Gasteiger partial charge in [0.2, 0.25) is 0 Å². The van der Waals surface area contributed by atoms with E-state index in [9.17, 15) is 23.8 Å².